The van der Waals surface area contributed by atoms with Gasteiger partial charge in [0.1, 0.15) is 0 Å². The van der Waals surface area contributed by atoms with Gasteiger partial charge in [-0.15, -0.1) is 0 Å². The van der Waals surface area contributed by atoms with E-state index in [2.05, 4.69) is 32.7 Å². The number of anilines is 1. The summed E-state index contributed by atoms with van der Waals surface area (Å²) < 4.78 is 1.84. The van der Waals surface area contributed by atoms with E-state index in [1.165, 1.54) is 11.8 Å². The quantitative estimate of drug-likeness (QED) is 0.431. The van der Waals surface area contributed by atoms with Gasteiger partial charge in [0.15, 0.2) is 5.65 Å². The van der Waals surface area contributed by atoms with Crippen LogP contribution < -0.4 is 5.32 Å². The highest BCUT2D eigenvalue weighted by molar-refractivity contribution is 5.99. The van der Waals surface area contributed by atoms with Crippen LogP contribution in [0.25, 0.3) is 11.0 Å². The van der Waals surface area contributed by atoms with E-state index in [4.69, 9.17) is 5.21 Å². The van der Waals surface area contributed by atoms with Crippen molar-refractivity contribution in [1.29, 1.82) is 0 Å². The molecule has 0 fully saturated rings. The third kappa shape index (κ3) is 2.63. The maximum absolute atomic E-state index is 8.85. The van der Waals surface area contributed by atoms with E-state index in [0.717, 1.165) is 28.8 Å². The van der Waals surface area contributed by atoms with Crippen LogP contribution in [-0.4, -0.2) is 26.2 Å². The van der Waals surface area contributed by atoms with Gasteiger partial charge in [0.05, 0.1) is 23.5 Å². The van der Waals surface area contributed by atoms with Crippen LogP contribution in [0.3, 0.4) is 0 Å². The molecule has 0 saturated carbocycles. The van der Waals surface area contributed by atoms with Crippen LogP contribution in [0, 0.1) is 0 Å². The van der Waals surface area contributed by atoms with Crippen LogP contribution in [0.2, 0.25) is 0 Å². The Hall–Kier alpha value is -2.89. The summed E-state index contributed by atoms with van der Waals surface area (Å²) in [6.07, 6.45) is 4.85. The summed E-state index contributed by atoms with van der Waals surface area (Å²) in [5.74, 6) is 0. The highest BCUT2D eigenvalue weighted by Gasteiger charge is 2.11. The van der Waals surface area contributed by atoms with Crippen molar-refractivity contribution in [3.05, 3.63) is 53.9 Å². The molecule has 2 N–H and O–H groups in total. The molecular formula is C16H17N5O. The first-order chi connectivity index (χ1) is 10.8. The first kappa shape index (κ1) is 14.1. The lowest BCUT2D eigenvalue weighted by atomic mass is 10.1. The summed E-state index contributed by atoms with van der Waals surface area (Å²) >= 11 is 0. The zero-order valence-electron chi connectivity index (χ0n) is 12.3. The molecule has 1 aromatic carbocycles. The van der Waals surface area contributed by atoms with Gasteiger partial charge in [0.25, 0.3) is 0 Å². The molecule has 2 heterocycles. The predicted octanol–water partition coefficient (Wildman–Crippen LogP) is 2.87. The molecule has 2 aromatic heterocycles. The second-order valence-corrected chi connectivity index (χ2v) is 4.87. The molecule has 0 amide bonds. The molecule has 3 rings (SSSR count). The lowest BCUT2D eigenvalue weighted by Crippen LogP contribution is -2.04. The number of pyridine rings is 1. The lowest BCUT2D eigenvalue weighted by molar-refractivity contribution is 0.322. The fraction of sp³-hybridized carbons (Fsp3) is 0.188. The van der Waals surface area contributed by atoms with Crippen LogP contribution in [0.15, 0.2) is 47.9 Å². The molecule has 0 bridgehead atoms. The average Bonchev–Trinajstić information content (AvgIpc) is 2.98. The molecule has 6 nitrogen and oxygen atoms in total. The molecule has 0 saturated heterocycles. The normalized spacial score (nSPS) is 11.3. The summed E-state index contributed by atoms with van der Waals surface area (Å²) in [6, 6.07) is 10.1. The summed E-state index contributed by atoms with van der Waals surface area (Å²) in [6.45, 7) is 3.44. The number of rotatable bonds is 5. The number of hydrogen-bond donors (Lipinski definition) is 2. The van der Waals surface area contributed by atoms with E-state index in [1.54, 1.807) is 12.4 Å². The Labute approximate surface area is 128 Å². The van der Waals surface area contributed by atoms with Crippen LogP contribution in [0.1, 0.15) is 18.1 Å². The van der Waals surface area contributed by atoms with E-state index >= 15 is 0 Å². The molecule has 0 atom stereocenters. The molecule has 0 aliphatic heterocycles. The number of aromatic nitrogens is 3. The molecule has 6 heteroatoms. The van der Waals surface area contributed by atoms with Crippen LogP contribution in [0.5, 0.6) is 0 Å². The second-order valence-electron chi connectivity index (χ2n) is 4.87. The van der Waals surface area contributed by atoms with Gasteiger partial charge in [-0.3, -0.25) is 0 Å². The van der Waals surface area contributed by atoms with E-state index in [1.807, 2.05) is 29.8 Å². The SMILES string of the molecule is CCn1ncc2c(NCc3ccccc3)c(C=NO)cnc21. The molecule has 0 radical (unpaired) electrons. The second kappa shape index (κ2) is 6.26. The summed E-state index contributed by atoms with van der Waals surface area (Å²) in [5, 5.41) is 20.6. The van der Waals surface area contributed by atoms with Crippen molar-refractivity contribution >= 4 is 22.9 Å². The fourth-order valence-corrected chi connectivity index (χ4v) is 2.42. The highest BCUT2D eigenvalue weighted by Crippen LogP contribution is 2.25. The summed E-state index contributed by atoms with van der Waals surface area (Å²) in [4.78, 5) is 4.40. The Balaban J connectivity index is 2.00. The van der Waals surface area contributed by atoms with Gasteiger partial charge in [-0.05, 0) is 12.5 Å². The number of oxime groups is 1. The molecule has 3 aromatic rings. The van der Waals surface area contributed by atoms with Gasteiger partial charge < -0.3 is 10.5 Å². The van der Waals surface area contributed by atoms with Crippen LogP contribution in [-0.2, 0) is 13.1 Å². The molecule has 0 aliphatic rings. The van der Waals surface area contributed by atoms with Crippen LogP contribution in [0.4, 0.5) is 5.69 Å². The fourth-order valence-electron chi connectivity index (χ4n) is 2.42. The average molecular weight is 295 g/mol. The van der Waals surface area contributed by atoms with Crippen molar-refractivity contribution in [2.24, 2.45) is 5.16 Å². The van der Waals surface area contributed by atoms with Gasteiger partial charge in [0, 0.05) is 24.8 Å². The summed E-state index contributed by atoms with van der Waals surface area (Å²) in [7, 11) is 0. The standard InChI is InChI=1S/C16H17N5O/c1-2-21-16-14(11-19-21)15(13(9-18-16)10-20-22)17-8-12-6-4-3-5-7-12/h3-7,9-11,22H,2,8H2,1H3,(H,17,18). The van der Waals surface area contributed by atoms with Gasteiger partial charge in [-0.2, -0.15) is 5.10 Å². The Morgan fingerprint density at radius 3 is 2.82 bits per heavy atom. The van der Waals surface area contributed by atoms with Crippen LogP contribution >= 0.6 is 0 Å². The maximum atomic E-state index is 8.85. The summed E-state index contributed by atoms with van der Waals surface area (Å²) in [5.41, 5.74) is 3.57. The number of nitrogens with one attached hydrogen (secondary N) is 1. The molecule has 0 unspecified atom stereocenters. The molecule has 22 heavy (non-hydrogen) atoms. The smallest absolute Gasteiger partial charge is 0.159 e. The number of nitrogens with zero attached hydrogens (tertiary/aromatic N) is 4. The largest absolute Gasteiger partial charge is 0.411 e. The van der Waals surface area contributed by atoms with Crippen molar-refractivity contribution in [3.8, 4) is 0 Å². The minimum Gasteiger partial charge on any atom is -0.411 e. The monoisotopic (exact) mass is 295 g/mol. The zero-order chi connectivity index (χ0) is 15.4. The van der Waals surface area contributed by atoms with Crippen molar-refractivity contribution in [1.82, 2.24) is 14.8 Å². The molecular weight excluding hydrogens is 278 g/mol. The van der Waals surface area contributed by atoms with E-state index < -0.39 is 0 Å². The number of fused-ring (bicyclic) bond motifs is 1. The Kier molecular flexibility index (Phi) is 4.00. The number of benzene rings is 1. The molecule has 0 spiro atoms. The van der Waals surface area contributed by atoms with Gasteiger partial charge in [0.2, 0.25) is 0 Å². The predicted molar refractivity (Wildman–Crippen MR) is 86.4 cm³/mol. The minimum atomic E-state index is 0.670. The number of aryl methyl sites for hydroxylation is 1. The topological polar surface area (TPSA) is 75.3 Å². The van der Waals surface area contributed by atoms with Gasteiger partial charge in [-0.25, -0.2) is 9.67 Å². The number of hydrogen-bond acceptors (Lipinski definition) is 5. The van der Waals surface area contributed by atoms with Crippen molar-refractivity contribution in [2.75, 3.05) is 5.32 Å². The van der Waals surface area contributed by atoms with Gasteiger partial charge in [-0.1, -0.05) is 35.5 Å². The third-order valence-electron chi connectivity index (χ3n) is 3.50. The first-order valence-corrected chi connectivity index (χ1v) is 7.13. The Morgan fingerprint density at radius 1 is 1.27 bits per heavy atom. The highest BCUT2D eigenvalue weighted by atomic mass is 16.4. The lowest BCUT2D eigenvalue weighted by Gasteiger charge is -2.11. The van der Waals surface area contributed by atoms with Crippen molar-refractivity contribution in [2.45, 2.75) is 20.0 Å². The van der Waals surface area contributed by atoms with E-state index in [-0.39, 0.29) is 0 Å². The van der Waals surface area contributed by atoms with Gasteiger partial charge >= 0.3 is 0 Å². The maximum Gasteiger partial charge on any atom is 0.159 e. The van der Waals surface area contributed by atoms with Crippen molar-refractivity contribution in [3.63, 3.8) is 0 Å². The Morgan fingerprint density at radius 2 is 2.09 bits per heavy atom. The first-order valence-electron chi connectivity index (χ1n) is 7.13. The van der Waals surface area contributed by atoms with E-state index in [9.17, 15) is 0 Å². The van der Waals surface area contributed by atoms with E-state index in [0.29, 0.717) is 6.54 Å². The Bertz CT molecular complexity index is 795. The minimum absolute atomic E-state index is 0.670. The van der Waals surface area contributed by atoms with Crippen molar-refractivity contribution < 1.29 is 5.21 Å². The molecule has 112 valence electrons. The molecule has 0 aliphatic carbocycles. The third-order valence-corrected chi connectivity index (χ3v) is 3.50. The zero-order valence-corrected chi connectivity index (χ0v) is 12.3.